The van der Waals surface area contributed by atoms with Gasteiger partial charge in [0.15, 0.2) is 0 Å². The van der Waals surface area contributed by atoms with Crippen LogP contribution in [0.1, 0.15) is 82.5 Å². The molecule has 7 nitrogen and oxygen atoms in total. The van der Waals surface area contributed by atoms with Crippen LogP contribution in [0.2, 0.25) is 0 Å². The summed E-state index contributed by atoms with van der Waals surface area (Å²) in [6.45, 7) is 15.5. The van der Waals surface area contributed by atoms with Crippen molar-refractivity contribution < 1.29 is 19.5 Å². The smallest absolute Gasteiger partial charge is 0.326 e. The summed E-state index contributed by atoms with van der Waals surface area (Å²) in [6, 6.07) is 4.01. The lowest BCUT2D eigenvalue weighted by Gasteiger charge is -2.31. The van der Waals surface area contributed by atoms with Gasteiger partial charge < -0.3 is 20.6 Å². The summed E-state index contributed by atoms with van der Waals surface area (Å²) in [5.74, 6) is -1.53. The second kappa shape index (κ2) is 11.0. The van der Waals surface area contributed by atoms with E-state index in [4.69, 9.17) is 0 Å². The van der Waals surface area contributed by atoms with E-state index in [1.54, 1.807) is 23.1 Å². The third-order valence-electron chi connectivity index (χ3n) is 4.61. The van der Waals surface area contributed by atoms with Crippen LogP contribution < -0.4 is 10.6 Å². The number of anilines is 1. The van der Waals surface area contributed by atoms with Gasteiger partial charge >= 0.3 is 5.97 Å². The normalized spacial score (nSPS) is 12.4. The Balaban J connectivity index is 3.29. The fourth-order valence-corrected chi connectivity index (χ4v) is 3.45. The minimum atomic E-state index is -1.06. The van der Waals surface area contributed by atoms with E-state index < -0.39 is 17.9 Å². The number of carboxylic acids is 1. The molecule has 0 aliphatic heterocycles. The highest BCUT2D eigenvalue weighted by molar-refractivity contribution is 6.04. The summed E-state index contributed by atoms with van der Waals surface area (Å²) in [7, 11) is 0. The van der Waals surface area contributed by atoms with E-state index in [0.29, 0.717) is 23.2 Å². The van der Waals surface area contributed by atoms with Gasteiger partial charge in [-0.1, -0.05) is 13.8 Å². The number of carbonyl (C=O) groups excluding carboxylic acids is 2. The molecule has 1 atom stereocenters. The Labute approximate surface area is 180 Å². The van der Waals surface area contributed by atoms with Crippen LogP contribution in [-0.4, -0.2) is 52.0 Å². The zero-order valence-corrected chi connectivity index (χ0v) is 19.4. The second-order valence-electron chi connectivity index (χ2n) is 8.95. The Morgan fingerprint density at radius 3 is 1.97 bits per heavy atom. The summed E-state index contributed by atoms with van der Waals surface area (Å²) in [6.07, 6.45) is 0.336. The van der Waals surface area contributed by atoms with E-state index in [1.807, 2.05) is 55.4 Å². The molecule has 0 saturated carbocycles. The maximum atomic E-state index is 13.1. The minimum Gasteiger partial charge on any atom is -0.480 e. The van der Waals surface area contributed by atoms with Crippen LogP contribution in [0.25, 0.3) is 0 Å². The van der Waals surface area contributed by atoms with E-state index in [2.05, 4.69) is 10.6 Å². The molecular weight excluding hydrogens is 382 g/mol. The van der Waals surface area contributed by atoms with Gasteiger partial charge in [-0.05, 0) is 72.1 Å². The molecule has 0 spiro atoms. The van der Waals surface area contributed by atoms with Gasteiger partial charge in [-0.15, -0.1) is 0 Å². The van der Waals surface area contributed by atoms with Crippen molar-refractivity contribution in [1.29, 1.82) is 0 Å². The number of carbonyl (C=O) groups is 3. The summed E-state index contributed by atoms with van der Waals surface area (Å²) >= 11 is 0. The van der Waals surface area contributed by atoms with Crippen molar-refractivity contribution in [2.24, 2.45) is 5.92 Å². The van der Waals surface area contributed by atoms with Gasteiger partial charge in [-0.3, -0.25) is 9.59 Å². The van der Waals surface area contributed by atoms with Gasteiger partial charge in [0.1, 0.15) is 6.04 Å². The molecule has 2 amide bonds. The molecule has 30 heavy (non-hydrogen) atoms. The SMILES string of the molecule is CC(C)CC(NC(=O)c1ccc(C(=O)N(C(C)C)C(C)C)cc1NC(C)C)C(=O)O. The van der Waals surface area contributed by atoms with Crippen LogP contribution in [0.4, 0.5) is 5.69 Å². The highest BCUT2D eigenvalue weighted by Crippen LogP contribution is 2.22. The first-order valence-electron chi connectivity index (χ1n) is 10.6. The molecule has 168 valence electrons. The molecule has 0 fully saturated rings. The molecule has 0 aliphatic rings. The van der Waals surface area contributed by atoms with Crippen molar-refractivity contribution in [2.75, 3.05) is 5.32 Å². The number of carboxylic acid groups (broad SMARTS) is 1. The number of benzene rings is 1. The third kappa shape index (κ3) is 7.04. The van der Waals surface area contributed by atoms with E-state index in [9.17, 15) is 19.5 Å². The van der Waals surface area contributed by atoms with E-state index in [0.717, 1.165) is 0 Å². The molecule has 3 N–H and O–H groups in total. The predicted molar refractivity (Wildman–Crippen MR) is 120 cm³/mol. The number of nitrogens with one attached hydrogen (secondary N) is 2. The average molecular weight is 420 g/mol. The van der Waals surface area contributed by atoms with Crippen molar-refractivity contribution in [3.05, 3.63) is 29.3 Å². The first-order valence-corrected chi connectivity index (χ1v) is 10.6. The highest BCUT2D eigenvalue weighted by atomic mass is 16.4. The van der Waals surface area contributed by atoms with Crippen molar-refractivity contribution >= 4 is 23.5 Å². The molecule has 0 saturated heterocycles. The summed E-state index contributed by atoms with van der Waals surface area (Å²) in [5.41, 5.74) is 1.31. The van der Waals surface area contributed by atoms with Crippen molar-refractivity contribution in [1.82, 2.24) is 10.2 Å². The van der Waals surface area contributed by atoms with E-state index >= 15 is 0 Å². The topological polar surface area (TPSA) is 98.7 Å². The maximum absolute atomic E-state index is 13.1. The number of hydrogen-bond acceptors (Lipinski definition) is 4. The van der Waals surface area contributed by atoms with Gasteiger partial charge in [0, 0.05) is 29.4 Å². The number of rotatable bonds is 10. The van der Waals surface area contributed by atoms with Gasteiger partial charge in [0.05, 0.1) is 5.56 Å². The quantitative estimate of drug-likeness (QED) is 0.532. The number of hydrogen-bond donors (Lipinski definition) is 3. The first-order chi connectivity index (χ1) is 13.8. The highest BCUT2D eigenvalue weighted by Gasteiger charge is 2.26. The summed E-state index contributed by atoms with van der Waals surface area (Å²) in [4.78, 5) is 39.2. The molecule has 1 aromatic rings. The molecule has 1 rings (SSSR count). The van der Waals surface area contributed by atoms with Crippen molar-refractivity contribution in [3.63, 3.8) is 0 Å². The van der Waals surface area contributed by atoms with Gasteiger partial charge in [0.2, 0.25) is 0 Å². The molecule has 0 radical (unpaired) electrons. The Morgan fingerprint density at radius 1 is 0.967 bits per heavy atom. The van der Waals surface area contributed by atoms with Crippen LogP contribution in [0.5, 0.6) is 0 Å². The molecule has 0 bridgehead atoms. The maximum Gasteiger partial charge on any atom is 0.326 e. The molecule has 0 aromatic heterocycles. The molecule has 1 unspecified atom stereocenters. The molecule has 0 heterocycles. The van der Waals surface area contributed by atoms with E-state index in [1.165, 1.54) is 0 Å². The second-order valence-corrected chi connectivity index (χ2v) is 8.95. The number of nitrogens with zero attached hydrogens (tertiary/aromatic N) is 1. The van der Waals surface area contributed by atoms with Crippen LogP contribution in [0.3, 0.4) is 0 Å². The van der Waals surface area contributed by atoms with Crippen LogP contribution >= 0.6 is 0 Å². The van der Waals surface area contributed by atoms with Crippen LogP contribution in [0, 0.1) is 5.92 Å². The monoisotopic (exact) mass is 419 g/mol. The lowest BCUT2D eigenvalue weighted by molar-refractivity contribution is -0.139. The van der Waals surface area contributed by atoms with E-state index in [-0.39, 0.29) is 30.0 Å². The fraction of sp³-hybridized carbons (Fsp3) is 0.609. The van der Waals surface area contributed by atoms with Gasteiger partial charge in [0.25, 0.3) is 11.8 Å². The fourth-order valence-electron chi connectivity index (χ4n) is 3.45. The Bertz CT molecular complexity index is 749. The average Bonchev–Trinajstić information content (AvgIpc) is 2.59. The first kappa shape index (κ1) is 25.5. The Kier molecular flexibility index (Phi) is 9.33. The zero-order chi connectivity index (χ0) is 23.2. The lowest BCUT2D eigenvalue weighted by Crippen LogP contribution is -2.42. The molecular formula is C23H37N3O4. The largest absolute Gasteiger partial charge is 0.480 e. The van der Waals surface area contributed by atoms with Crippen molar-refractivity contribution in [3.8, 4) is 0 Å². The molecule has 0 aliphatic carbocycles. The van der Waals surface area contributed by atoms with Crippen molar-refractivity contribution in [2.45, 2.75) is 86.0 Å². The standard InChI is InChI=1S/C23H37N3O4/c1-13(2)11-20(23(29)30)25-21(27)18-10-9-17(12-19(18)24-14(3)4)22(28)26(15(5)6)16(7)8/h9-10,12-16,20,24H,11H2,1-8H3,(H,25,27)(H,29,30). The molecule has 1 aromatic carbocycles. The summed E-state index contributed by atoms with van der Waals surface area (Å²) in [5, 5.41) is 15.3. The third-order valence-corrected chi connectivity index (χ3v) is 4.61. The summed E-state index contributed by atoms with van der Waals surface area (Å²) < 4.78 is 0. The Hall–Kier alpha value is -2.57. The van der Waals surface area contributed by atoms with Crippen LogP contribution in [0.15, 0.2) is 18.2 Å². The predicted octanol–water partition coefficient (Wildman–Crippen LogP) is 4.00. The molecule has 7 heteroatoms. The minimum absolute atomic E-state index is 0.0270. The van der Waals surface area contributed by atoms with Gasteiger partial charge in [-0.2, -0.15) is 0 Å². The number of aliphatic carboxylic acids is 1. The van der Waals surface area contributed by atoms with Crippen LogP contribution in [-0.2, 0) is 4.79 Å². The zero-order valence-electron chi connectivity index (χ0n) is 19.4. The number of amides is 2. The lowest BCUT2D eigenvalue weighted by atomic mass is 10.0. The van der Waals surface area contributed by atoms with Gasteiger partial charge in [-0.25, -0.2) is 4.79 Å². The Morgan fingerprint density at radius 2 is 1.53 bits per heavy atom.